The molecule has 0 radical (unpaired) electrons. The molecule has 106 valence electrons. The molecule has 0 unspecified atom stereocenters. The molecule has 1 N–H and O–H groups in total. The maximum Gasteiger partial charge on any atom is 0.311 e. The number of esters is 1. The van der Waals surface area contributed by atoms with Crippen LogP contribution in [0.15, 0.2) is 6.20 Å². The minimum absolute atomic E-state index is 0.176. The molecule has 1 fully saturated rings. The summed E-state index contributed by atoms with van der Waals surface area (Å²) in [5.41, 5.74) is -0.452. The van der Waals surface area contributed by atoms with Crippen LogP contribution in [0.1, 0.15) is 25.6 Å². The third-order valence-corrected chi connectivity index (χ3v) is 3.92. The van der Waals surface area contributed by atoms with Crippen molar-refractivity contribution in [2.75, 3.05) is 31.1 Å². The van der Waals surface area contributed by atoms with Crippen LogP contribution in [0.25, 0.3) is 0 Å². The molecule has 0 atom stereocenters. The smallest absolute Gasteiger partial charge is 0.311 e. The largest absolute Gasteiger partial charge is 0.459 e. The van der Waals surface area contributed by atoms with E-state index in [4.69, 9.17) is 4.74 Å². The molecule has 1 aliphatic heterocycles. The maximum atomic E-state index is 11.7. The molecule has 1 saturated heterocycles. The number of aromatic nitrogens is 1. The van der Waals surface area contributed by atoms with Crippen molar-refractivity contribution in [2.24, 2.45) is 5.41 Å². The number of ether oxygens (including phenoxy) is 1. The number of piperazine rings is 1. The number of nitrogens with zero attached hydrogens (tertiary/aromatic N) is 2. The number of carbonyl (C=O) groups excluding carboxylic acids is 1. The topological polar surface area (TPSA) is 54.5 Å². The Morgan fingerprint density at radius 2 is 2.16 bits per heavy atom. The number of hydrogen-bond donors (Lipinski definition) is 1. The fourth-order valence-electron chi connectivity index (χ4n) is 1.72. The summed E-state index contributed by atoms with van der Waals surface area (Å²) in [5.74, 6) is -0.176. The molecule has 0 amide bonds. The Morgan fingerprint density at radius 1 is 1.47 bits per heavy atom. The van der Waals surface area contributed by atoms with E-state index in [1.165, 1.54) is 0 Å². The van der Waals surface area contributed by atoms with Crippen LogP contribution >= 0.6 is 11.3 Å². The van der Waals surface area contributed by atoms with Crippen molar-refractivity contribution in [2.45, 2.75) is 27.4 Å². The second kappa shape index (κ2) is 5.88. The molecule has 19 heavy (non-hydrogen) atoms. The summed E-state index contributed by atoms with van der Waals surface area (Å²) in [6, 6.07) is 0. The second-order valence-electron chi connectivity index (χ2n) is 5.67. The lowest BCUT2D eigenvalue weighted by Gasteiger charge is -2.26. The van der Waals surface area contributed by atoms with Crippen molar-refractivity contribution in [3.8, 4) is 0 Å². The summed E-state index contributed by atoms with van der Waals surface area (Å²) >= 11 is 1.60. The molecule has 1 aromatic rings. The standard InChI is InChI=1S/C13H21N3O2S/c1-13(2,3)11(17)18-9-10-8-15-12(19-10)16-6-4-14-5-7-16/h8,14H,4-7,9H2,1-3H3. The van der Waals surface area contributed by atoms with Gasteiger partial charge in [-0.1, -0.05) is 11.3 Å². The van der Waals surface area contributed by atoms with Gasteiger partial charge in [0.15, 0.2) is 5.13 Å². The Labute approximate surface area is 118 Å². The lowest BCUT2D eigenvalue weighted by atomic mass is 9.97. The number of thiazole rings is 1. The fraction of sp³-hybridized carbons (Fsp3) is 0.692. The molecule has 0 aliphatic carbocycles. The van der Waals surface area contributed by atoms with Crippen molar-refractivity contribution in [3.05, 3.63) is 11.1 Å². The van der Waals surface area contributed by atoms with E-state index in [0.717, 1.165) is 36.2 Å². The van der Waals surface area contributed by atoms with Gasteiger partial charge in [-0.15, -0.1) is 0 Å². The quantitative estimate of drug-likeness (QED) is 0.855. The third kappa shape index (κ3) is 3.91. The number of hydrogen-bond acceptors (Lipinski definition) is 6. The van der Waals surface area contributed by atoms with Crippen LogP contribution in [0.2, 0.25) is 0 Å². The van der Waals surface area contributed by atoms with E-state index in [0.29, 0.717) is 6.61 Å². The Kier molecular flexibility index (Phi) is 4.42. The first-order chi connectivity index (χ1) is 8.97. The van der Waals surface area contributed by atoms with E-state index in [1.807, 2.05) is 20.8 Å². The first-order valence-corrected chi connectivity index (χ1v) is 7.36. The van der Waals surface area contributed by atoms with E-state index in [1.54, 1.807) is 17.5 Å². The van der Waals surface area contributed by atoms with E-state index in [2.05, 4.69) is 15.2 Å². The SMILES string of the molecule is CC(C)(C)C(=O)OCc1cnc(N2CCNCC2)s1. The average molecular weight is 283 g/mol. The molecule has 1 aromatic heterocycles. The van der Waals surface area contributed by atoms with Crippen LogP contribution in [0.5, 0.6) is 0 Å². The van der Waals surface area contributed by atoms with Crippen molar-refractivity contribution in [1.82, 2.24) is 10.3 Å². The van der Waals surface area contributed by atoms with Gasteiger partial charge in [-0.3, -0.25) is 4.79 Å². The highest BCUT2D eigenvalue weighted by Gasteiger charge is 2.23. The number of carbonyl (C=O) groups is 1. The van der Waals surface area contributed by atoms with Gasteiger partial charge in [0, 0.05) is 32.4 Å². The van der Waals surface area contributed by atoms with Crippen molar-refractivity contribution in [3.63, 3.8) is 0 Å². The Balaban J connectivity index is 1.89. The Morgan fingerprint density at radius 3 is 2.79 bits per heavy atom. The molecule has 5 nitrogen and oxygen atoms in total. The zero-order valence-electron chi connectivity index (χ0n) is 11.7. The van der Waals surface area contributed by atoms with Gasteiger partial charge in [0.25, 0.3) is 0 Å². The van der Waals surface area contributed by atoms with Crippen molar-refractivity contribution < 1.29 is 9.53 Å². The molecule has 0 saturated carbocycles. The number of nitrogens with one attached hydrogen (secondary N) is 1. The van der Waals surface area contributed by atoms with E-state index < -0.39 is 5.41 Å². The van der Waals surface area contributed by atoms with Gasteiger partial charge >= 0.3 is 5.97 Å². The molecule has 0 spiro atoms. The predicted molar refractivity (Wildman–Crippen MR) is 76.4 cm³/mol. The van der Waals surface area contributed by atoms with Crippen molar-refractivity contribution in [1.29, 1.82) is 0 Å². The molecule has 0 aromatic carbocycles. The van der Waals surface area contributed by atoms with Crippen LogP contribution in [-0.4, -0.2) is 37.1 Å². The van der Waals surface area contributed by atoms with Crippen LogP contribution in [0, 0.1) is 5.41 Å². The highest BCUT2D eigenvalue weighted by molar-refractivity contribution is 7.15. The van der Waals surface area contributed by atoms with E-state index >= 15 is 0 Å². The first kappa shape index (κ1) is 14.3. The summed E-state index contributed by atoms with van der Waals surface area (Å²) in [7, 11) is 0. The van der Waals surface area contributed by atoms with E-state index in [9.17, 15) is 4.79 Å². The number of rotatable bonds is 3. The highest BCUT2D eigenvalue weighted by atomic mass is 32.1. The van der Waals surface area contributed by atoms with Gasteiger partial charge in [0.05, 0.1) is 10.3 Å². The lowest BCUT2D eigenvalue weighted by molar-refractivity contribution is -0.154. The fourth-order valence-corrected chi connectivity index (χ4v) is 2.59. The Hall–Kier alpha value is -1.14. The zero-order valence-corrected chi connectivity index (χ0v) is 12.5. The summed E-state index contributed by atoms with van der Waals surface area (Å²) in [6.45, 7) is 9.83. The van der Waals surface area contributed by atoms with Gasteiger partial charge in [0.2, 0.25) is 0 Å². The van der Waals surface area contributed by atoms with Crippen LogP contribution < -0.4 is 10.2 Å². The van der Waals surface area contributed by atoms with Crippen LogP contribution in [0.3, 0.4) is 0 Å². The van der Waals surface area contributed by atoms with Gasteiger partial charge in [-0.25, -0.2) is 4.98 Å². The Bertz CT molecular complexity index is 433. The third-order valence-electron chi connectivity index (χ3n) is 2.89. The summed E-state index contributed by atoms with van der Waals surface area (Å²) in [5, 5.41) is 4.33. The summed E-state index contributed by atoms with van der Waals surface area (Å²) in [6.07, 6.45) is 1.80. The van der Waals surface area contributed by atoms with Gasteiger partial charge in [-0.05, 0) is 20.8 Å². The second-order valence-corrected chi connectivity index (χ2v) is 6.77. The minimum atomic E-state index is -0.452. The summed E-state index contributed by atoms with van der Waals surface area (Å²) < 4.78 is 5.29. The van der Waals surface area contributed by atoms with E-state index in [-0.39, 0.29) is 5.97 Å². The number of anilines is 1. The monoisotopic (exact) mass is 283 g/mol. The predicted octanol–water partition coefficient (Wildman–Crippen LogP) is 1.64. The molecule has 2 heterocycles. The maximum absolute atomic E-state index is 11.7. The van der Waals surface area contributed by atoms with Crippen LogP contribution in [0.4, 0.5) is 5.13 Å². The molecular weight excluding hydrogens is 262 g/mol. The molecule has 0 bridgehead atoms. The molecule has 2 rings (SSSR count). The summed E-state index contributed by atoms with van der Waals surface area (Å²) in [4.78, 5) is 19.3. The molecular formula is C13H21N3O2S. The first-order valence-electron chi connectivity index (χ1n) is 6.54. The highest BCUT2D eigenvalue weighted by Crippen LogP contribution is 2.24. The van der Waals surface area contributed by atoms with Gasteiger partial charge in [0.1, 0.15) is 6.61 Å². The van der Waals surface area contributed by atoms with Crippen molar-refractivity contribution >= 4 is 22.4 Å². The average Bonchev–Trinajstić information content (AvgIpc) is 2.84. The van der Waals surface area contributed by atoms with Crippen LogP contribution in [-0.2, 0) is 16.1 Å². The molecule has 6 heteroatoms. The zero-order chi connectivity index (χ0) is 13.9. The van der Waals surface area contributed by atoms with Gasteiger partial charge < -0.3 is 15.0 Å². The van der Waals surface area contributed by atoms with Gasteiger partial charge in [-0.2, -0.15) is 0 Å². The minimum Gasteiger partial charge on any atom is -0.459 e. The lowest BCUT2D eigenvalue weighted by Crippen LogP contribution is -2.43. The molecule has 1 aliphatic rings. The normalized spacial score (nSPS) is 16.5.